The number of benzene rings is 2. The Kier molecular flexibility index (Phi) is 5.49. The van der Waals surface area contributed by atoms with Crippen molar-refractivity contribution < 1.29 is 19.4 Å². The third-order valence-electron chi connectivity index (χ3n) is 3.12. The average molecular weight is 286 g/mol. The Morgan fingerprint density at radius 2 is 1.76 bits per heavy atom. The summed E-state index contributed by atoms with van der Waals surface area (Å²) in [5.74, 6) is -0.919. The van der Waals surface area contributed by atoms with Crippen molar-refractivity contribution in [2.45, 2.75) is 6.61 Å². The van der Waals surface area contributed by atoms with Crippen LogP contribution in [0, 0.1) is 0 Å². The van der Waals surface area contributed by atoms with E-state index >= 15 is 0 Å². The van der Waals surface area contributed by atoms with Crippen LogP contribution in [0.5, 0.6) is 0 Å². The number of methoxy groups -OCH3 is 1. The van der Waals surface area contributed by atoms with E-state index in [4.69, 9.17) is 9.47 Å². The van der Waals surface area contributed by atoms with Crippen molar-refractivity contribution >= 4 is 5.97 Å². The van der Waals surface area contributed by atoms with Crippen LogP contribution in [0.2, 0.25) is 0 Å². The van der Waals surface area contributed by atoms with Crippen molar-refractivity contribution in [3.05, 3.63) is 59.7 Å². The molecule has 0 bridgehead atoms. The molecule has 2 aromatic rings. The first kappa shape index (κ1) is 15.2. The van der Waals surface area contributed by atoms with Crippen LogP contribution in [0.4, 0.5) is 0 Å². The van der Waals surface area contributed by atoms with Gasteiger partial charge in [-0.1, -0.05) is 42.5 Å². The molecule has 0 atom stereocenters. The predicted molar refractivity (Wildman–Crippen MR) is 80.4 cm³/mol. The molecule has 0 spiro atoms. The maximum absolute atomic E-state index is 11.2. The van der Waals surface area contributed by atoms with E-state index in [-0.39, 0.29) is 0 Å². The van der Waals surface area contributed by atoms with Gasteiger partial charge in [-0.3, -0.25) is 0 Å². The van der Waals surface area contributed by atoms with Gasteiger partial charge in [0.15, 0.2) is 0 Å². The maximum atomic E-state index is 11.2. The van der Waals surface area contributed by atoms with Crippen LogP contribution < -0.4 is 0 Å². The van der Waals surface area contributed by atoms with Crippen molar-refractivity contribution in [3.63, 3.8) is 0 Å². The van der Waals surface area contributed by atoms with Gasteiger partial charge in [0.1, 0.15) is 0 Å². The summed E-state index contributed by atoms with van der Waals surface area (Å²) in [5, 5.41) is 9.22. The molecule has 110 valence electrons. The van der Waals surface area contributed by atoms with Crippen LogP contribution in [0.25, 0.3) is 11.1 Å². The van der Waals surface area contributed by atoms with Crippen molar-refractivity contribution in [1.82, 2.24) is 0 Å². The van der Waals surface area contributed by atoms with Crippen LogP contribution in [0.15, 0.2) is 48.5 Å². The topological polar surface area (TPSA) is 55.8 Å². The quantitative estimate of drug-likeness (QED) is 0.794. The number of hydrogen-bond donors (Lipinski definition) is 1. The molecule has 4 nitrogen and oxygen atoms in total. The van der Waals surface area contributed by atoms with Gasteiger partial charge in [-0.25, -0.2) is 4.79 Å². The van der Waals surface area contributed by atoms with E-state index < -0.39 is 5.97 Å². The number of hydrogen-bond acceptors (Lipinski definition) is 3. The molecule has 0 fully saturated rings. The third-order valence-corrected chi connectivity index (χ3v) is 3.12. The van der Waals surface area contributed by atoms with Gasteiger partial charge in [0.25, 0.3) is 0 Å². The highest BCUT2D eigenvalue weighted by Crippen LogP contribution is 2.24. The summed E-state index contributed by atoms with van der Waals surface area (Å²) < 4.78 is 10.4. The Balaban J connectivity index is 2.10. The Morgan fingerprint density at radius 1 is 1.05 bits per heavy atom. The van der Waals surface area contributed by atoms with E-state index in [1.54, 1.807) is 19.2 Å². The molecule has 0 unspecified atom stereocenters. The fourth-order valence-corrected chi connectivity index (χ4v) is 2.03. The molecule has 0 aliphatic carbocycles. The van der Waals surface area contributed by atoms with Gasteiger partial charge < -0.3 is 14.6 Å². The van der Waals surface area contributed by atoms with Crippen molar-refractivity contribution in [2.75, 3.05) is 20.3 Å². The molecule has 2 rings (SSSR count). The van der Waals surface area contributed by atoms with Crippen molar-refractivity contribution in [2.24, 2.45) is 0 Å². The lowest BCUT2D eigenvalue weighted by Gasteiger charge is -2.08. The first-order chi connectivity index (χ1) is 10.2. The molecular formula is C17H18O4. The third kappa shape index (κ3) is 4.15. The zero-order chi connectivity index (χ0) is 15.1. The van der Waals surface area contributed by atoms with Crippen LogP contribution in [0.1, 0.15) is 15.9 Å². The molecule has 0 aliphatic heterocycles. The fraction of sp³-hybridized carbons (Fsp3) is 0.235. The Bertz CT molecular complexity index is 590. The molecule has 0 saturated carbocycles. The van der Waals surface area contributed by atoms with E-state index in [9.17, 15) is 9.90 Å². The summed E-state index contributed by atoms with van der Waals surface area (Å²) in [6.45, 7) is 1.65. The first-order valence-corrected chi connectivity index (χ1v) is 6.70. The summed E-state index contributed by atoms with van der Waals surface area (Å²) in [5.41, 5.74) is 2.95. The molecule has 0 aliphatic rings. The van der Waals surface area contributed by atoms with Crippen molar-refractivity contribution in [3.8, 4) is 11.1 Å². The number of carboxylic acids is 1. The maximum Gasteiger partial charge on any atom is 0.336 e. The highest BCUT2D eigenvalue weighted by molar-refractivity contribution is 5.95. The minimum Gasteiger partial charge on any atom is -0.478 e. The van der Waals surface area contributed by atoms with E-state index in [1.165, 1.54) is 0 Å². The van der Waals surface area contributed by atoms with Gasteiger partial charge in [-0.05, 0) is 22.8 Å². The van der Waals surface area contributed by atoms with Gasteiger partial charge in [0.2, 0.25) is 0 Å². The van der Waals surface area contributed by atoms with Crippen molar-refractivity contribution in [1.29, 1.82) is 0 Å². The summed E-state index contributed by atoms with van der Waals surface area (Å²) in [6, 6.07) is 14.7. The predicted octanol–water partition coefficient (Wildman–Crippen LogP) is 3.21. The molecule has 4 heteroatoms. The molecular weight excluding hydrogens is 268 g/mol. The second kappa shape index (κ2) is 7.57. The number of aromatic carboxylic acids is 1. The smallest absolute Gasteiger partial charge is 0.336 e. The number of rotatable bonds is 7. The van der Waals surface area contributed by atoms with Gasteiger partial charge in [0, 0.05) is 7.11 Å². The summed E-state index contributed by atoms with van der Waals surface area (Å²) >= 11 is 0. The van der Waals surface area contributed by atoms with Crippen LogP contribution in [-0.2, 0) is 16.1 Å². The normalized spacial score (nSPS) is 10.5. The van der Waals surface area contributed by atoms with E-state index in [1.807, 2.05) is 36.4 Å². The van der Waals surface area contributed by atoms with Gasteiger partial charge in [0.05, 0.1) is 25.4 Å². The van der Waals surface area contributed by atoms with Gasteiger partial charge in [-0.15, -0.1) is 0 Å². The fourth-order valence-electron chi connectivity index (χ4n) is 2.03. The number of ether oxygens (including phenoxy) is 2. The van der Waals surface area contributed by atoms with E-state index in [0.29, 0.717) is 25.4 Å². The molecule has 0 saturated heterocycles. The summed E-state index contributed by atoms with van der Waals surface area (Å²) in [7, 11) is 1.64. The molecule has 0 heterocycles. The lowest BCUT2D eigenvalue weighted by Crippen LogP contribution is -2.02. The average Bonchev–Trinajstić information content (AvgIpc) is 2.52. The monoisotopic (exact) mass is 286 g/mol. The summed E-state index contributed by atoms with van der Waals surface area (Å²) in [6.07, 6.45) is 0. The second-order valence-electron chi connectivity index (χ2n) is 4.59. The lowest BCUT2D eigenvalue weighted by atomic mass is 9.99. The molecule has 21 heavy (non-hydrogen) atoms. The zero-order valence-corrected chi connectivity index (χ0v) is 11.9. The minimum absolute atomic E-state index is 0.307. The highest BCUT2D eigenvalue weighted by atomic mass is 16.5. The first-order valence-electron chi connectivity index (χ1n) is 6.70. The van der Waals surface area contributed by atoms with Gasteiger partial charge in [-0.2, -0.15) is 0 Å². The van der Waals surface area contributed by atoms with E-state index in [2.05, 4.69) is 0 Å². The lowest BCUT2D eigenvalue weighted by molar-refractivity contribution is 0.0617. The molecule has 0 radical (unpaired) electrons. The molecule has 0 amide bonds. The second-order valence-corrected chi connectivity index (χ2v) is 4.59. The molecule has 2 aromatic carbocycles. The number of carbonyl (C=O) groups is 1. The van der Waals surface area contributed by atoms with Crippen LogP contribution in [-0.4, -0.2) is 31.4 Å². The van der Waals surface area contributed by atoms with E-state index in [0.717, 1.165) is 16.7 Å². The van der Waals surface area contributed by atoms with Crippen LogP contribution in [0.3, 0.4) is 0 Å². The highest BCUT2D eigenvalue weighted by Gasteiger charge is 2.10. The number of carboxylic acid groups (broad SMARTS) is 1. The Labute approximate surface area is 123 Å². The summed E-state index contributed by atoms with van der Waals surface area (Å²) in [4.78, 5) is 11.2. The standard InChI is InChI=1S/C17H18O4/c1-20-10-11-21-12-13-6-8-14(9-7-13)15-4-2-3-5-16(15)17(18)19/h2-9H,10-12H2,1H3,(H,18,19). The minimum atomic E-state index is -0.919. The molecule has 1 N–H and O–H groups in total. The van der Waals surface area contributed by atoms with Crippen LogP contribution >= 0.6 is 0 Å². The molecule has 0 aromatic heterocycles. The Hall–Kier alpha value is -2.17. The SMILES string of the molecule is COCCOCc1ccc(-c2ccccc2C(=O)O)cc1. The Morgan fingerprint density at radius 3 is 2.43 bits per heavy atom. The van der Waals surface area contributed by atoms with Gasteiger partial charge >= 0.3 is 5.97 Å². The largest absolute Gasteiger partial charge is 0.478 e. The zero-order valence-electron chi connectivity index (χ0n) is 11.9.